The van der Waals surface area contributed by atoms with E-state index in [2.05, 4.69) is 10.4 Å². The van der Waals surface area contributed by atoms with Crippen LogP contribution in [0.4, 0.5) is 0 Å². The highest BCUT2D eigenvalue weighted by Crippen LogP contribution is 2.18. The summed E-state index contributed by atoms with van der Waals surface area (Å²) in [4.78, 5) is 12.4. The van der Waals surface area contributed by atoms with Crippen molar-refractivity contribution in [1.29, 1.82) is 0 Å². The maximum atomic E-state index is 12.4. The largest absolute Gasteiger partial charge is 0.379 e. The van der Waals surface area contributed by atoms with E-state index in [1.807, 2.05) is 11.5 Å². The second-order valence-electron chi connectivity index (χ2n) is 4.70. The van der Waals surface area contributed by atoms with Crippen molar-refractivity contribution < 1.29 is 4.74 Å². The van der Waals surface area contributed by atoms with Crippen LogP contribution in [-0.4, -0.2) is 40.7 Å². The van der Waals surface area contributed by atoms with Gasteiger partial charge in [-0.3, -0.25) is 4.57 Å². The molecular weight excluding hydrogens is 220 g/mol. The van der Waals surface area contributed by atoms with Crippen molar-refractivity contribution in [3.8, 4) is 0 Å². The summed E-state index contributed by atoms with van der Waals surface area (Å²) in [5.41, 5.74) is 0.0313. The maximum absolute atomic E-state index is 12.4. The van der Waals surface area contributed by atoms with E-state index in [4.69, 9.17) is 4.74 Å². The summed E-state index contributed by atoms with van der Waals surface area (Å²) in [6.45, 7) is 5.14. The second kappa shape index (κ2) is 4.27. The Morgan fingerprint density at radius 3 is 2.82 bits per heavy atom. The highest BCUT2D eigenvalue weighted by atomic mass is 16.5. The van der Waals surface area contributed by atoms with Crippen LogP contribution in [0.15, 0.2) is 4.79 Å². The molecule has 0 aliphatic carbocycles. The van der Waals surface area contributed by atoms with Gasteiger partial charge in [-0.15, -0.1) is 0 Å². The lowest BCUT2D eigenvalue weighted by Crippen LogP contribution is -2.47. The molecule has 94 valence electrons. The van der Waals surface area contributed by atoms with Crippen LogP contribution in [0.25, 0.3) is 0 Å². The molecule has 2 saturated heterocycles. The normalized spacial score (nSPS) is 25.1. The van der Waals surface area contributed by atoms with Crippen molar-refractivity contribution in [1.82, 2.24) is 19.7 Å². The van der Waals surface area contributed by atoms with E-state index >= 15 is 0 Å². The van der Waals surface area contributed by atoms with Gasteiger partial charge in [-0.2, -0.15) is 5.10 Å². The first-order chi connectivity index (χ1) is 8.31. The molecule has 3 rings (SSSR count). The van der Waals surface area contributed by atoms with Crippen molar-refractivity contribution in [3.63, 3.8) is 0 Å². The van der Waals surface area contributed by atoms with E-state index in [0.717, 1.165) is 38.4 Å². The van der Waals surface area contributed by atoms with Gasteiger partial charge in [0.25, 0.3) is 0 Å². The summed E-state index contributed by atoms with van der Waals surface area (Å²) in [6.07, 6.45) is 1.69. The Labute approximate surface area is 99.6 Å². The molecular formula is C11H18N4O2. The third-order valence-electron chi connectivity index (χ3n) is 3.60. The molecule has 0 radical (unpaired) electrons. The van der Waals surface area contributed by atoms with Gasteiger partial charge in [0.15, 0.2) is 0 Å². The van der Waals surface area contributed by atoms with E-state index < -0.39 is 0 Å². The van der Waals surface area contributed by atoms with Crippen LogP contribution >= 0.6 is 0 Å². The lowest BCUT2D eigenvalue weighted by atomic mass is 10.2. The van der Waals surface area contributed by atoms with Gasteiger partial charge >= 0.3 is 5.69 Å². The quantitative estimate of drug-likeness (QED) is 0.786. The molecule has 6 nitrogen and oxygen atoms in total. The van der Waals surface area contributed by atoms with Crippen LogP contribution in [0.2, 0.25) is 0 Å². The Bertz CT molecular complexity index is 455. The smallest absolute Gasteiger partial charge is 0.346 e. The van der Waals surface area contributed by atoms with Crippen molar-refractivity contribution in [2.24, 2.45) is 0 Å². The maximum Gasteiger partial charge on any atom is 0.346 e. The standard InChI is InChI=1S/C11H18N4O2/c1-2-10-13-15(8-3-4-17-7-8)11(16)14(10)9-5-12-6-9/h8-9,12H,2-7H2,1H3. The van der Waals surface area contributed by atoms with Gasteiger partial charge in [0.05, 0.1) is 18.7 Å². The summed E-state index contributed by atoms with van der Waals surface area (Å²) in [5.74, 6) is 0.897. The highest BCUT2D eigenvalue weighted by Gasteiger charge is 2.28. The van der Waals surface area contributed by atoms with E-state index in [1.165, 1.54) is 0 Å². The monoisotopic (exact) mass is 238 g/mol. The third kappa shape index (κ3) is 1.71. The zero-order chi connectivity index (χ0) is 11.8. The second-order valence-corrected chi connectivity index (χ2v) is 4.70. The average Bonchev–Trinajstić information content (AvgIpc) is 2.86. The Morgan fingerprint density at radius 1 is 1.47 bits per heavy atom. The van der Waals surface area contributed by atoms with Crippen molar-refractivity contribution >= 4 is 0 Å². The lowest BCUT2D eigenvalue weighted by molar-refractivity contribution is 0.183. The predicted molar refractivity (Wildman–Crippen MR) is 62.2 cm³/mol. The summed E-state index contributed by atoms with van der Waals surface area (Å²) in [5, 5.41) is 7.67. The molecule has 1 aromatic rings. The molecule has 0 spiro atoms. The molecule has 1 atom stereocenters. The minimum atomic E-state index is 0.0313. The molecule has 2 fully saturated rings. The third-order valence-corrected chi connectivity index (χ3v) is 3.60. The minimum absolute atomic E-state index is 0.0313. The Kier molecular flexibility index (Phi) is 2.76. The fourth-order valence-electron chi connectivity index (χ4n) is 2.45. The van der Waals surface area contributed by atoms with Gasteiger partial charge in [-0.1, -0.05) is 6.92 Å². The topological polar surface area (TPSA) is 61.1 Å². The number of aromatic nitrogens is 3. The number of hydrogen-bond donors (Lipinski definition) is 1. The van der Waals surface area contributed by atoms with Gasteiger partial charge in [-0.25, -0.2) is 9.48 Å². The van der Waals surface area contributed by atoms with E-state index in [9.17, 15) is 4.79 Å². The number of nitrogens with zero attached hydrogens (tertiary/aromatic N) is 3. The molecule has 17 heavy (non-hydrogen) atoms. The summed E-state index contributed by atoms with van der Waals surface area (Å²) >= 11 is 0. The van der Waals surface area contributed by atoms with Gasteiger partial charge in [0, 0.05) is 26.1 Å². The van der Waals surface area contributed by atoms with E-state index in [1.54, 1.807) is 4.68 Å². The van der Waals surface area contributed by atoms with Crippen LogP contribution in [0.3, 0.4) is 0 Å². The molecule has 1 N–H and O–H groups in total. The molecule has 0 bridgehead atoms. The number of hydrogen-bond acceptors (Lipinski definition) is 4. The lowest BCUT2D eigenvalue weighted by Gasteiger charge is -2.28. The number of ether oxygens (including phenoxy) is 1. The molecule has 2 aliphatic heterocycles. The van der Waals surface area contributed by atoms with Gasteiger partial charge in [0.2, 0.25) is 0 Å². The molecule has 3 heterocycles. The van der Waals surface area contributed by atoms with Crippen molar-refractivity contribution in [2.75, 3.05) is 26.3 Å². The van der Waals surface area contributed by atoms with Gasteiger partial charge in [0.1, 0.15) is 5.82 Å². The first kappa shape index (κ1) is 11.0. The van der Waals surface area contributed by atoms with Gasteiger partial charge < -0.3 is 10.1 Å². The van der Waals surface area contributed by atoms with Crippen molar-refractivity contribution in [3.05, 3.63) is 16.3 Å². The molecule has 1 aromatic heterocycles. The SMILES string of the molecule is CCc1nn(C2CCOC2)c(=O)n1C1CNC1. The molecule has 2 aliphatic rings. The first-order valence-corrected chi connectivity index (χ1v) is 6.29. The fraction of sp³-hybridized carbons (Fsp3) is 0.818. The molecule has 0 aromatic carbocycles. The van der Waals surface area contributed by atoms with Crippen LogP contribution in [0.5, 0.6) is 0 Å². The molecule has 6 heteroatoms. The van der Waals surface area contributed by atoms with E-state index in [-0.39, 0.29) is 17.8 Å². The molecule has 0 saturated carbocycles. The first-order valence-electron chi connectivity index (χ1n) is 6.29. The number of rotatable bonds is 3. The molecule has 0 amide bonds. The van der Waals surface area contributed by atoms with Crippen LogP contribution < -0.4 is 11.0 Å². The highest BCUT2D eigenvalue weighted by molar-refractivity contribution is 4.96. The Morgan fingerprint density at radius 2 is 2.29 bits per heavy atom. The molecule has 1 unspecified atom stereocenters. The Hall–Kier alpha value is -1.14. The van der Waals surface area contributed by atoms with Gasteiger partial charge in [-0.05, 0) is 6.42 Å². The number of aryl methyl sites for hydroxylation is 1. The van der Waals surface area contributed by atoms with Crippen molar-refractivity contribution in [2.45, 2.75) is 31.8 Å². The fourth-order valence-corrected chi connectivity index (χ4v) is 2.45. The minimum Gasteiger partial charge on any atom is -0.379 e. The average molecular weight is 238 g/mol. The van der Waals surface area contributed by atoms with Crippen LogP contribution in [0, 0.1) is 0 Å². The van der Waals surface area contributed by atoms with E-state index in [0.29, 0.717) is 6.61 Å². The Balaban J connectivity index is 1.99. The van der Waals surface area contributed by atoms with Crippen LogP contribution in [0.1, 0.15) is 31.3 Å². The van der Waals surface area contributed by atoms with Crippen LogP contribution in [-0.2, 0) is 11.2 Å². The predicted octanol–water partition coefficient (Wildman–Crippen LogP) is -0.287. The zero-order valence-corrected chi connectivity index (χ0v) is 10.1. The number of nitrogens with one attached hydrogen (secondary N) is 1. The zero-order valence-electron chi connectivity index (χ0n) is 10.1. The summed E-state index contributed by atoms with van der Waals surface area (Å²) in [6, 6.07) is 0.413. The summed E-state index contributed by atoms with van der Waals surface area (Å²) < 4.78 is 8.81. The summed E-state index contributed by atoms with van der Waals surface area (Å²) in [7, 11) is 0.